The van der Waals surface area contributed by atoms with E-state index in [1.165, 1.54) is 11.6 Å². The minimum Gasteiger partial charge on any atom is -0.352 e. The Morgan fingerprint density at radius 3 is 2.89 bits per heavy atom. The summed E-state index contributed by atoms with van der Waals surface area (Å²) < 4.78 is 0. The van der Waals surface area contributed by atoms with Crippen LogP contribution in [0.15, 0.2) is 48.9 Å². The molecule has 0 aliphatic heterocycles. The van der Waals surface area contributed by atoms with Gasteiger partial charge in [-0.2, -0.15) is 0 Å². The van der Waals surface area contributed by atoms with Crippen LogP contribution < -0.4 is 5.32 Å². The number of imidazole rings is 1. The first kappa shape index (κ1) is 12.1. The number of hydrogen-bond donors (Lipinski definition) is 2. The van der Waals surface area contributed by atoms with Crippen molar-refractivity contribution in [2.24, 2.45) is 0 Å². The van der Waals surface area contributed by atoms with Crippen LogP contribution in [0.4, 0.5) is 0 Å². The summed E-state index contributed by atoms with van der Waals surface area (Å²) in [7, 11) is 0. The van der Waals surface area contributed by atoms with Crippen LogP contribution >= 0.6 is 0 Å². The second kappa shape index (κ2) is 6.39. The quantitative estimate of drug-likeness (QED) is 0.784. The Morgan fingerprint density at radius 1 is 1.33 bits per heavy atom. The van der Waals surface area contributed by atoms with E-state index in [1.54, 1.807) is 18.6 Å². The molecule has 1 amide bonds. The minimum absolute atomic E-state index is 0.0967. The van der Waals surface area contributed by atoms with Crippen molar-refractivity contribution in [2.75, 3.05) is 6.54 Å². The minimum atomic E-state index is -0.0967. The molecular formula is C14H15N3O. The van der Waals surface area contributed by atoms with E-state index >= 15 is 0 Å². The lowest BCUT2D eigenvalue weighted by Crippen LogP contribution is -2.23. The van der Waals surface area contributed by atoms with E-state index in [0.29, 0.717) is 6.54 Å². The molecule has 0 fully saturated rings. The lowest BCUT2D eigenvalue weighted by atomic mass is 10.1. The number of benzene rings is 1. The van der Waals surface area contributed by atoms with Gasteiger partial charge < -0.3 is 10.3 Å². The highest BCUT2D eigenvalue weighted by Gasteiger charge is 1.96. The van der Waals surface area contributed by atoms with Crippen molar-refractivity contribution >= 4 is 12.0 Å². The normalized spacial score (nSPS) is 10.7. The van der Waals surface area contributed by atoms with Gasteiger partial charge in [0.15, 0.2) is 0 Å². The molecule has 92 valence electrons. The van der Waals surface area contributed by atoms with Crippen LogP contribution in [0.3, 0.4) is 0 Å². The van der Waals surface area contributed by atoms with Crippen LogP contribution in [0, 0.1) is 0 Å². The maximum atomic E-state index is 11.5. The molecular weight excluding hydrogens is 226 g/mol. The third kappa shape index (κ3) is 3.90. The highest BCUT2D eigenvalue weighted by Crippen LogP contribution is 1.98. The highest BCUT2D eigenvalue weighted by atomic mass is 16.1. The number of H-pyrrole nitrogens is 1. The standard InChI is InChI=1S/C14H15N3O/c18-14(7-6-13-10-15-11-17-13)16-9-8-12-4-2-1-3-5-12/h1-7,10-11H,8-9H2,(H,15,17)(H,16,18)/b7-6+. The zero-order chi connectivity index (χ0) is 12.6. The fourth-order valence-corrected chi connectivity index (χ4v) is 1.56. The van der Waals surface area contributed by atoms with Crippen molar-refractivity contribution in [1.82, 2.24) is 15.3 Å². The zero-order valence-electron chi connectivity index (χ0n) is 9.97. The molecule has 2 rings (SSSR count). The van der Waals surface area contributed by atoms with Crippen LogP contribution in [0.1, 0.15) is 11.3 Å². The number of amides is 1. The largest absolute Gasteiger partial charge is 0.352 e. The third-order valence-electron chi connectivity index (χ3n) is 2.49. The first-order chi connectivity index (χ1) is 8.84. The molecule has 0 aliphatic carbocycles. The first-order valence-electron chi connectivity index (χ1n) is 5.83. The van der Waals surface area contributed by atoms with Crippen molar-refractivity contribution in [3.05, 3.63) is 60.2 Å². The number of aromatic amines is 1. The smallest absolute Gasteiger partial charge is 0.244 e. The SMILES string of the molecule is O=C(/C=C/c1cnc[nH]1)NCCc1ccccc1. The number of aromatic nitrogens is 2. The van der Waals surface area contributed by atoms with E-state index in [-0.39, 0.29) is 5.91 Å². The molecule has 0 unspecified atom stereocenters. The molecule has 0 spiro atoms. The highest BCUT2D eigenvalue weighted by molar-refractivity contribution is 5.91. The van der Waals surface area contributed by atoms with Crippen LogP contribution in [0.25, 0.3) is 6.08 Å². The van der Waals surface area contributed by atoms with Gasteiger partial charge in [-0.1, -0.05) is 30.3 Å². The van der Waals surface area contributed by atoms with Gasteiger partial charge >= 0.3 is 0 Å². The average Bonchev–Trinajstić information content (AvgIpc) is 2.91. The van der Waals surface area contributed by atoms with Crippen LogP contribution in [0.2, 0.25) is 0 Å². The van der Waals surface area contributed by atoms with Gasteiger partial charge in [-0.25, -0.2) is 4.98 Å². The molecule has 4 heteroatoms. The summed E-state index contributed by atoms with van der Waals surface area (Å²) >= 11 is 0. The van der Waals surface area contributed by atoms with Gasteiger partial charge in [0.05, 0.1) is 18.2 Å². The fraction of sp³-hybridized carbons (Fsp3) is 0.143. The molecule has 0 bridgehead atoms. The summed E-state index contributed by atoms with van der Waals surface area (Å²) in [4.78, 5) is 18.3. The average molecular weight is 241 g/mol. The Kier molecular flexibility index (Phi) is 4.30. The van der Waals surface area contributed by atoms with Gasteiger partial charge in [0.25, 0.3) is 0 Å². The van der Waals surface area contributed by atoms with Gasteiger partial charge in [0.1, 0.15) is 0 Å². The van der Waals surface area contributed by atoms with E-state index in [0.717, 1.165) is 12.1 Å². The topological polar surface area (TPSA) is 57.8 Å². The van der Waals surface area contributed by atoms with Crippen molar-refractivity contribution in [1.29, 1.82) is 0 Å². The monoisotopic (exact) mass is 241 g/mol. The molecule has 0 saturated carbocycles. The van der Waals surface area contributed by atoms with Crippen molar-refractivity contribution in [2.45, 2.75) is 6.42 Å². The molecule has 4 nitrogen and oxygen atoms in total. The molecule has 0 saturated heterocycles. The lowest BCUT2D eigenvalue weighted by molar-refractivity contribution is -0.116. The molecule has 1 heterocycles. The summed E-state index contributed by atoms with van der Waals surface area (Å²) in [6.07, 6.45) is 7.27. The van der Waals surface area contributed by atoms with Crippen molar-refractivity contribution in [3.8, 4) is 0 Å². The Hall–Kier alpha value is -2.36. The van der Waals surface area contributed by atoms with Gasteiger partial charge in [0.2, 0.25) is 5.91 Å². The maximum Gasteiger partial charge on any atom is 0.244 e. The second-order valence-electron chi connectivity index (χ2n) is 3.87. The van der Waals surface area contributed by atoms with Crippen LogP contribution in [-0.4, -0.2) is 22.4 Å². The van der Waals surface area contributed by atoms with E-state index in [9.17, 15) is 4.79 Å². The van der Waals surface area contributed by atoms with Gasteiger partial charge in [-0.15, -0.1) is 0 Å². The fourth-order valence-electron chi connectivity index (χ4n) is 1.56. The predicted octanol–water partition coefficient (Wildman–Crippen LogP) is 1.78. The summed E-state index contributed by atoms with van der Waals surface area (Å²) in [6, 6.07) is 10.1. The lowest BCUT2D eigenvalue weighted by Gasteiger charge is -2.02. The van der Waals surface area contributed by atoms with Gasteiger partial charge in [-0.05, 0) is 18.1 Å². The Labute approximate surface area is 106 Å². The molecule has 2 N–H and O–H groups in total. The molecule has 1 aromatic heterocycles. The summed E-state index contributed by atoms with van der Waals surface area (Å²) in [6.45, 7) is 0.635. The number of nitrogens with one attached hydrogen (secondary N) is 2. The summed E-state index contributed by atoms with van der Waals surface area (Å²) in [5.74, 6) is -0.0967. The van der Waals surface area contributed by atoms with Crippen LogP contribution in [-0.2, 0) is 11.2 Å². The number of hydrogen-bond acceptors (Lipinski definition) is 2. The molecule has 0 radical (unpaired) electrons. The van der Waals surface area contributed by atoms with E-state index in [4.69, 9.17) is 0 Å². The Bertz CT molecular complexity index is 503. The summed E-state index contributed by atoms with van der Waals surface area (Å²) in [5.41, 5.74) is 2.03. The number of carbonyl (C=O) groups excluding carboxylic acids is 1. The first-order valence-corrected chi connectivity index (χ1v) is 5.83. The van der Waals surface area contributed by atoms with Crippen molar-refractivity contribution < 1.29 is 4.79 Å². The number of rotatable bonds is 5. The molecule has 0 atom stereocenters. The predicted molar refractivity (Wildman–Crippen MR) is 70.8 cm³/mol. The maximum absolute atomic E-state index is 11.5. The second-order valence-corrected chi connectivity index (χ2v) is 3.87. The van der Waals surface area contributed by atoms with Gasteiger partial charge in [0, 0.05) is 12.6 Å². The Balaban J connectivity index is 1.72. The van der Waals surface area contributed by atoms with E-state index in [2.05, 4.69) is 15.3 Å². The van der Waals surface area contributed by atoms with Crippen LogP contribution in [0.5, 0.6) is 0 Å². The molecule has 0 aliphatic rings. The molecule has 18 heavy (non-hydrogen) atoms. The number of nitrogens with zero attached hydrogens (tertiary/aromatic N) is 1. The number of carbonyl (C=O) groups is 1. The molecule has 2 aromatic rings. The Morgan fingerprint density at radius 2 is 2.17 bits per heavy atom. The summed E-state index contributed by atoms with van der Waals surface area (Å²) in [5, 5.41) is 2.83. The molecule has 1 aromatic carbocycles. The van der Waals surface area contributed by atoms with E-state index in [1.807, 2.05) is 30.3 Å². The van der Waals surface area contributed by atoms with E-state index < -0.39 is 0 Å². The van der Waals surface area contributed by atoms with Crippen molar-refractivity contribution in [3.63, 3.8) is 0 Å². The zero-order valence-corrected chi connectivity index (χ0v) is 9.97. The third-order valence-corrected chi connectivity index (χ3v) is 2.49. The van der Waals surface area contributed by atoms with Gasteiger partial charge in [-0.3, -0.25) is 4.79 Å².